The highest BCUT2D eigenvalue weighted by Gasteiger charge is 2.17. The molecule has 1 unspecified atom stereocenters. The van der Waals surface area contributed by atoms with Gasteiger partial charge in [-0.1, -0.05) is 0 Å². The van der Waals surface area contributed by atoms with E-state index in [0.29, 0.717) is 0 Å². The zero-order valence-corrected chi connectivity index (χ0v) is 10.5. The maximum Gasteiger partial charge on any atom is 0.213 e. The number of anilines is 1. The third-order valence-electron chi connectivity index (χ3n) is 3.40. The summed E-state index contributed by atoms with van der Waals surface area (Å²) in [6.45, 7) is 5.43. The largest absolute Gasteiger partial charge is 0.473 e. The number of pyridine rings is 1. The Morgan fingerprint density at radius 2 is 2.22 bits per heavy atom. The molecule has 0 bridgehead atoms. The summed E-state index contributed by atoms with van der Waals surface area (Å²) in [5.74, 6) is 0.723. The Kier molecular flexibility index (Phi) is 3.61. The van der Waals surface area contributed by atoms with Crippen LogP contribution in [-0.2, 0) is 4.74 Å². The van der Waals surface area contributed by atoms with Crippen molar-refractivity contribution in [1.82, 2.24) is 10.3 Å². The summed E-state index contributed by atoms with van der Waals surface area (Å²) >= 11 is 0. The third-order valence-corrected chi connectivity index (χ3v) is 3.40. The summed E-state index contributed by atoms with van der Waals surface area (Å²) in [6.07, 6.45) is 3.22. The molecule has 2 fully saturated rings. The number of aromatic nitrogens is 1. The van der Waals surface area contributed by atoms with E-state index in [1.54, 1.807) is 0 Å². The van der Waals surface area contributed by atoms with Crippen LogP contribution in [0.4, 0.5) is 5.69 Å². The first-order valence-electron chi connectivity index (χ1n) is 6.58. The van der Waals surface area contributed by atoms with Crippen LogP contribution in [-0.4, -0.2) is 50.5 Å². The molecule has 3 rings (SSSR count). The standard InChI is InChI=1S/C13H19N3O2/c1-2-13(18-12-3-4-14-10-12)15-9-11(1)16-5-7-17-8-6-16/h1-2,9,12,14H,3-8,10H2. The van der Waals surface area contributed by atoms with Crippen molar-refractivity contribution in [2.45, 2.75) is 12.5 Å². The number of ether oxygens (including phenoxy) is 2. The Morgan fingerprint density at radius 3 is 2.89 bits per heavy atom. The molecule has 2 aliphatic rings. The van der Waals surface area contributed by atoms with Crippen molar-refractivity contribution in [2.75, 3.05) is 44.3 Å². The van der Waals surface area contributed by atoms with Gasteiger partial charge in [-0.25, -0.2) is 4.98 Å². The number of morpholine rings is 1. The predicted molar refractivity (Wildman–Crippen MR) is 69.2 cm³/mol. The molecule has 2 aliphatic heterocycles. The lowest BCUT2D eigenvalue weighted by Gasteiger charge is -2.28. The highest BCUT2D eigenvalue weighted by molar-refractivity contribution is 5.45. The van der Waals surface area contributed by atoms with Crippen LogP contribution in [0.3, 0.4) is 0 Å². The Morgan fingerprint density at radius 1 is 1.33 bits per heavy atom. The Bertz CT molecular complexity index is 370. The van der Waals surface area contributed by atoms with Gasteiger partial charge in [0.15, 0.2) is 0 Å². The summed E-state index contributed by atoms with van der Waals surface area (Å²) < 4.78 is 11.1. The van der Waals surface area contributed by atoms with Gasteiger partial charge >= 0.3 is 0 Å². The van der Waals surface area contributed by atoms with Crippen LogP contribution in [0.1, 0.15) is 6.42 Å². The second kappa shape index (κ2) is 5.54. The van der Waals surface area contributed by atoms with Gasteiger partial charge in [0.2, 0.25) is 5.88 Å². The number of hydrogen-bond donors (Lipinski definition) is 1. The van der Waals surface area contributed by atoms with Gasteiger partial charge in [0, 0.05) is 25.7 Å². The maximum absolute atomic E-state index is 5.80. The van der Waals surface area contributed by atoms with Crippen LogP contribution in [0.25, 0.3) is 0 Å². The van der Waals surface area contributed by atoms with E-state index in [1.165, 1.54) is 0 Å². The molecule has 18 heavy (non-hydrogen) atoms. The van der Waals surface area contributed by atoms with Gasteiger partial charge < -0.3 is 19.7 Å². The molecule has 0 radical (unpaired) electrons. The zero-order valence-electron chi connectivity index (χ0n) is 10.5. The van der Waals surface area contributed by atoms with E-state index in [0.717, 1.165) is 57.4 Å². The molecule has 0 aromatic carbocycles. The predicted octanol–water partition coefficient (Wildman–Crippen LogP) is 0.659. The molecule has 0 spiro atoms. The van der Waals surface area contributed by atoms with Gasteiger partial charge in [-0.3, -0.25) is 0 Å². The van der Waals surface area contributed by atoms with Crippen LogP contribution in [0.5, 0.6) is 5.88 Å². The maximum atomic E-state index is 5.80. The number of nitrogens with zero attached hydrogens (tertiary/aromatic N) is 2. The number of hydrogen-bond acceptors (Lipinski definition) is 5. The molecular formula is C13H19N3O2. The van der Waals surface area contributed by atoms with Crippen LogP contribution in [0, 0.1) is 0 Å². The molecule has 1 atom stereocenters. The minimum Gasteiger partial charge on any atom is -0.473 e. The smallest absolute Gasteiger partial charge is 0.213 e. The minimum atomic E-state index is 0.270. The molecule has 1 N–H and O–H groups in total. The highest BCUT2D eigenvalue weighted by Crippen LogP contribution is 2.19. The first-order valence-corrected chi connectivity index (χ1v) is 6.58. The lowest BCUT2D eigenvalue weighted by Crippen LogP contribution is -2.36. The summed E-state index contributed by atoms with van der Waals surface area (Å²) in [4.78, 5) is 6.67. The van der Waals surface area contributed by atoms with Gasteiger partial charge in [0.05, 0.1) is 25.1 Å². The fourth-order valence-electron chi connectivity index (χ4n) is 2.35. The lowest BCUT2D eigenvalue weighted by molar-refractivity contribution is 0.122. The average molecular weight is 249 g/mol. The summed E-state index contributed by atoms with van der Waals surface area (Å²) in [5.41, 5.74) is 1.15. The number of nitrogens with one attached hydrogen (secondary N) is 1. The average Bonchev–Trinajstić information content (AvgIpc) is 2.94. The third kappa shape index (κ3) is 2.73. The number of rotatable bonds is 3. The van der Waals surface area contributed by atoms with Gasteiger partial charge in [-0.2, -0.15) is 0 Å². The first kappa shape index (κ1) is 11.7. The second-order valence-electron chi connectivity index (χ2n) is 4.69. The first-order chi connectivity index (χ1) is 8.92. The molecule has 5 heteroatoms. The molecule has 1 aromatic rings. The molecule has 0 aliphatic carbocycles. The van der Waals surface area contributed by atoms with Gasteiger partial charge in [0.25, 0.3) is 0 Å². The topological polar surface area (TPSA) is 46.6 Å². The molecule has 5 nitrogen and oxygen atoms in total. The van der Waals surface area contributed by atoms with E-state index in [1.807, 2.05) is 12.3 Å². The molecule has 0 amide bonds. The molecule has 3 heterocycles. The van der Waals surface area contributed by atoms with E-state index >= 15 is 0 Å². The second-order valence-corrected chi connectivity index (χ2v) is 4.69. The zero-order chi connectivity index (χ0) is 12.2. The Labute approximate surface area is 107 Å². The van der Waals surface area contributed by atoms with Crippen LogP contribution in [0.2, 0.25) is 0 Å². The van der Waals surface area contributed by atoms with Crippen molar-refractivity contribution in [3.05, 3.63) is 18.3 Å². The van der Waals surface area contributed by atoms with Crippen molar-refractivity contribution in [1.29, 1.82) is 0 Å². The van der Waals surface area contributed by atoms with E-state index in [-0.39, 0.29) is 6.10 Å². The van der Waals surface area contributed by atoms with Gasteiger partial charge in [-0.15, -0.1) is 0 Å². The fourth-order valence-corrected chi connectivity index (χ4v) is 2.35. The van der Waals surface area contributed by atoms with Gasteiger partial charge in [-0.05, 0) is 19.0 Å². The molecular weight excluding hydrogens is 230 g/mol. The summed E-state index contributed by atoms with van der Waals surface area (Å²) in [7, 11) is 0. The van der Waals surface area contributed by atoms with Gasteiger partial charge in [0.1, 0.15) is 6.10 Å². The normalized spacial score (nSPS) is 24.2. The lowest BCUT2D eigenvalue weighted by atomic mass is 10.3. The Balaban J connectivity index is 1.60. The van der Waals surface area contributed by atoms with E-state index in [2.05, 4.69) is 21.3 Å². The van der Waals surface area contributed by atoms with Crippen molar-refractivity contribution in [2.24, 2.45) is 0 Å². The highest BCUT2D eigenvalue weighted by atomic mass is 16.5. The van der Waals surface area contributed by atoms with E-state index in [4.69, 9.17) is 9.47 Å². The Hall–Kier alpha value is -1.33. The van der Waals surface area contributed by atoms with Crippen molar-refractivity contribution < 1.29 is 9.47 Å². The van der Waals surface area contributed by atoms with Crippen molar-refractivity contribution in [3.8, 4) is 5.88 Å². The molecule has 2 saturated heterocycles. The van der Waals surface area contributed by atoms with E-state index in [9.17, 15) is 0 Å². The quantitative estimate of drug-likeness (QED) is 0.852. The monoisotopic (exact) mass is 249 g/mol. The van der Waals surface area contributed by atoms with Crippen molar-refractivity contribution >= 4 is 5.69 Å². The van der Waals surface area contributed by atoms with Crippen LogP contribution < -0.4 is 15.0 Å². The van der Waals surface area contributed by atoms with Crippen LogP contribution in [0.15, 0.2) is 18.3 Å². The van der Waals surface area contributed by atoms with Crippen molar-refractivity contribution in [3.63, 3.8) is 0 Å². The summed E-state index contributed by atoms with van der Waals surface area (Å²) in [6, 6.07) is 4.04. The summed E-state index contributed by atoms with van der Waals surface area (Å²) in [5, 5.41) is 3.28. The van der Waals surface area contributed by atoms with E-state index < -0.39 is 0 Å². The molecule has 1 aromatic heterocycles. The minimum absolute atomic E-state index is 0.270. The molecule has 0 saturated carbocycles. The SMILES string of the molecule is c1cc(OC2CCNC2)ncc1N1CCOCC1. The molecule has 98 valence electrons. The van der Waals surface area contributed by atoms with Crippen LogP contribution >= 0.6 is 0 Å². The fraction of sp³-hybridized carbons (Fsp3) is 0.615.